The van der Waals surface area contributed by atoms with Crippen LogP contribution in [0, 0.1) is 0 Å². The van der Waals surface area contributed by atoms with Gasteiger partial charge in [-0.1, -0.05) is 60.7 Å². The maximum atomic E-state index is 12.8. The minimum atomic E-state index is -0.495. The average molecular weight is 354 g/mol. The van der Waals surface area contributed by atoms with Crippen LogP contribution >= 0.6 is 0 Å². The minimum Gasteiger partial charge on any atom is -0.508 e. The topological polar surface area (TPSA) is 62.2 Å². The molecule has 4 heteroatoms. The second-order valence-corrected chi connectivity index (χ2v) is 6.28. The molecule has 1 unspecified atom stereocenters. The Balaban J connectivity index is 1.85. The van der Waals surface area contributed by atoms with E-state index in [1.807, 2.05) is 60.7 Å². The van der Waals surface area contributed by atoms with Gasteiger partial charge in [-0.15, -0.1) is 0 Å². The van der Waals surface area contributed by atoms with Crippen molar-refractivity contribution in [3.8, 4) is 5.75 Å². The number of aromatic nitrogens is 1. The van der Waals surface area contributed by atoms with Crippen LogP contribution in [0.5, 0.6) is 5.75 Å². The quantitative estimate of drug-likeness (QED) is 0.569. The fourth-order valence-corrected chi connectivity index (χ4v) is 3.27. The molecule has 4 nitrogen and oxygen atoms in total. The van der Waals surface area contributed by atoms with Gasteiger partial charge in [0.2, 0.25) is 0 Å². The third kappa shape index (κ3) is 3.37. The van der Waals surface area contributed by atoms with E-state index in [2.05, 4.69) is 10.3 Å². The zero-order valence-corrected chi connectivity index (χ0v) is 14.5. The lowest BCUT2D eigenvalue weighted by Crippen LogP contribution is -2.29. The third-order valence-corrected chi connectivity index (χ3v) is 4.57. The molecule has 0 fully saturated rings. The molecule has 1 heterocycles. The predicted molar refractivity (Wildman–Crippen MR) is 106 cm³/mol. The Bertz CT molecular complexity index is 1080. The van der Waals surface area contributed by atoms with Crippen LogP contribution in [0.4, 0.5) is 0 Å². The van der Waals surface area contributed by atoms with Crippen molar-refractivity contribution in [1.82, 2.24) is 10.3 Å². The zero-order chi connectivity index (χ0) is 18.6. The molecule has 0 bridgehead atoms. The van der Waals surface area contributed by atoms with Crippen LogP contribution < -0.4 is 5.32 Å². The summed E-state index contributed by atoms with van der Waals surface area (Å²) in [5.74, 6) is -0.0988. The highest BCUT2D eigenvalue weighted by Gasteiger charge is 2.23. The largest absolute Gasteiger partial charge is 0.508 e. The predicted octanol–water partition coefficient (Wildman–Crippen LogP) is 4.46. The highest BCUT2D eigenvalue weighted by Crippen LogP contribution is 2.35. The van der Waals surface area contributed by atoms with Crippen LogP contribution in [0.2, 0.25) is 0 Å². The lowest BCUT2D eigenvalue weighted by atomic mass is 9.92. The van der Waals surface area contributed by atoms with Gasteiger partial charge in [0.05, 0.1) is 11.6 Å². The van der Waals surface area contributed by atoms with E-state index in [1.165, 1.54) is 6.20 Å². The van der Waals surface area contributed by atoms with Crippen LogP contribution in [-0.4, -0.2) is 16.0 Å². The van der Waals surface area contributed by atoms with Crippen molar-refractivity contribution in [3.63, 3.8) is 0 Å². The van der Waals surface area contributed by atoms with Crippen LogP contribution in [0.3, 0.4) is 0 Å². The molecule has 2 N–H and O–H groups in total. The van der Waals surface area contributed by atoms with Gasteiger partial charge in [0.15, 0.2) is 0 Å². The average Bonchev–Trinajstić information content (AvgIpc) is 2.73. The minimum absolute atomic E-state index is 0.147. The van der Waals surface area contributed by atoms with Crippen molar-refractivity contribution in [2.75, 3.05) is 0 Å². The van der Waals surface area contributed by atoms with Crippen molar-refractivity contribution in [3.05, 3.63) is 108 Å². The lowest BCUT2D eigenvalue weighted by Gasteiger charge is -2.22. The van der Waals surface area contributed by atoms with Crippen LogP contribution in [0.25, 0.3) is 10.8 Å². The summed E-state index contributed by atoms with van der Waals surface area (Å²) >= 11 is 0. The van der Waals surface area contributed by atoms with Gasteiger partial charge < -0.3 is 10.4 Å². The molecule has 132 valence electrons. The Hall–Kier alpha value is -3.66. The fraction of sp³-hybridized carbons (Fsp3) is 0.0435. The molecule has 4 rings (SSSR count). The van der Waals surface area contributed by atoms with Gasteiger partial charge >= 0.3 is 0 Å². The zero-order valence-electron chi connectivity index (χ0n) is 14.5. The number of aromatic hydroxyl groups is 1. The summed E-state index contributed by atoms with van der Waals surface area (Å²) in [6.45, 7) is 0. The van der Waals surface area contributed by atoms with Gasteiger partial charge in [0, 0.05) is 18.0 Å². The third-order valence-electron chi connectivity index (χ3n) is 4.57. The highest BCUT2D eigenvalue weighted by molar-refractivity contribution is 5.95. The molecule has 1 atom stereocenters. The molecule has 0 aliphatic heterocycles. The number of phenolic OH excluding ortho intramolecular Hbond substituents is 1. The number of carbonyl (C=O) groups is 1. The second-order valence-electron chi connectivity index (χ2n) is 6.28. The number of amides is 1. The van der Waals surface area contributed by atoms with E-state index in [9.17, 15) is 9.90 Å². The Labute approximate surface area is 157 Å². The first-order valence-corrected chi connectivity index (χ1v) is 8.70. The van der Waals surface area contributed by atoms with Crippen molar-refractivity contribution in [2.24, 2.45) is 0 Å². The Morgan fingerprint density at radius 3 is 2.44 bits per heavy atom. The number of pyridine rings is 1. The Morgan fingerprint density at radius 2 is 1.67 bits per heavy atom. The van der Waals surface area contributed by atoms with Crippen LogP contribution in [0.1, 0.15) is 27.5 Å². The van der Waals surface area contributed by atoms with E-state index in [1.54, 1.807) is 24.4 Å². The summed E-state index contributed by atoms with van der Waals surface area (Å²) in [4.78, 5) is 16.8. The Kier molecular flexibility index (Phi) is 4.54. The molecule has 0 spiro atoms. The summed E-state index contributed by atoms with van der Waals surface area (Å²) in [6, 6.07) is 24.0. The maximum Gasteiger partial charge on any atom is 0.253 e. The van der Waals surface area contributed by atoms with Gasteiger partial charge in [0.1, 0.15) is 5.75 Å². The van der Waals surface area contributed by atoms with Gasteiger partial charge in [-0.3, -0.25) is 9.78 Å². The second kappa shape index (κ2) is 7.30. The van der Waals surface area contributed by atoms with Crippen molar-refractivity contribution in [2.45, 2.75) is 6.04 Å². The molecule has 3 aromatic carbocycles. The van der Waals surface area contributed by atoms with E-state index in [0.717, 1.165) is 16.3 Å². The number of hydrogen-bond donors (Lipinski definition) is 2. The van der Waals surface area contributed by atoms with Gasteiger partial charge in [-0.2, -0.15) is 0 Å². The van der Waals surface area contributed by atoms with E-state index >= 15 is 0 Å². The number of rotatable bonds is 4. The standard InChI is InChI=1S/C23H18N2O2/c26-20-13-12-16-7-4-5-11-19(16)21(20)22(17-8-2-1-3-9-17)25-23(27)18-10-6-14-24-15-18/h1-15,22,26H,(H,25,27). The summed E-state index contributed by atoms with van der Waals surface area (Å²) in [5.41, 5.74) is 2.04. The lowest BCUT2D eigenvalue weighted by molar-refractivity contribution is 0.0942. The van der Waals surface area contributed by atoms with E-state index in [0.29, 0.717) is 11.1 Å². The first-order chi connectivity index (χ1) is 13.2. The molecule has 1 aromatic heterocycles. The normalized spacial score (nSPS) is 11.9. The summed E-state index contributed by atoms with van der Waals surface area (Å²) < 4.78 is 0. The van der Waals surface area contributed by atoms with Gasteiger partial charge in [-0.25, -0.2) is 0 Å². The molecule has 0 aliphatic rings. The molecule has 1 amide bonds. The molecule has 27 heavy (non-hydrogen) atoms. The number of nitrogens with zero attached hydrogens (tertiary/aromatic N) is 1. The first-order valence-electron chi connectivity index (χ1n) is 8.70. The number of phenols is 1. The summed E-state index contributed by atoms with van der Waals surface area (Å²) in [5, 5.41) is 15.6. The number of fused-ring (bicyclic) bond motifs is 1. The molecule has 0 radical (unpaired) electrons. The van der Waals surface area contributed by atoms with Crippen LogP contribution in [0.15, 0.2) is 91.3 Å². The highest BCUT2D eigenvalue weighted by atomic mass is 16.3. The molecular formula is C23H18N2O2. The molecule has 4 aromatic rings. The van der Waals surface area contributed by atoms with E-state index < -0.39 is 6.04 Å². The molecule has 0 aliphatic carbocycles. The molecule has 0 saturated carbocycles. The van der Waals surface area contributed by atoms with E-state index in [4.69, 9.17) is 0 Å². The number of nitrogens with one attached hydrogen (secondary N) is 1. The van der Waals surface area contributed by atoms with E-state index in [-0.39, 0.29) is 11.7 Å². The summed E-state index contributed by atoms with van der Waals surface area (Å²) in [6.07, 6.45) is 3.16. The van der Waals surface area contributed by atoms with Gasteiger partial charge in [-0.05, 0) is 34.5 Å². The number of hydrogen-bond acceptors (Lipinski definition) is 3. The van der Waals surface area contributed by atoms with Gasteiger partial charge in [0.25, 0.3) is 5.91 Å². The van der Waals surface area contributed by atoms with Crippen molar-refractivity contribution < 1.29 is 9.90 Å². The fourth-order valence-electron chi connectivity index (χ4n) is 3.27. The Morgan fingerprint density at radius 1 is 0.889 bits per heavy atom. The number of carbonyl (C=O) groups excluding carboxylic acids is 1. The SMILES string of the molecule is O=C(NC(c1ccccc1)c1c(O)ccc2ccccc12)c1cccnc1. The first kappa shape index (κ1) is 16.8. The summed E-state index contributed by atoms with van der Waals surface area (Å²) in [7, 11) is 0. The van der Waals surface area contributed by atoms with Crippen LogP contribution in [-0.2, 0) is 0 Å². The molecule has 0 saturated heterocycles. The monoisotopic (exact) mass is 354 g/mol. The smallest absolute Gasteiger partial charge is 0.253 e. The van der Waals surface area contributed by atoms with Crippen molar-refractivity contribution in [1.29, 1.82) is 0 Å². The molecular weight excluding hydrogens is 336 g/mol. The van der Waals surface area contributed by atoms with Crippen molar-refractivity contribution >= 4 is 16.7 Å². The maximum absolute atomic E-state index is 12.8. The number of benzene rings is 3.